The molecule has 64 valence electrons. The third-order valence-corrected chi connectivity index (χ3v) is 2.04. The monoisotopic (exact) mass is 158 g/mol. The second-order valence-electron chi connectivity index (χ2n) is 2.84. The molecule has 1 rings (SSSR count). The van der Waals surface area contributed by atoms with Crippen LogP contribution in [0.15, 0.2) is 0 Å². The third kappa shape index (κ3) is 1.91. The lowest BCUT2D eigenvalue weighted by atomic mass is 10.0. The molecule has 1 saturated heterocycles. The van der Waals surface area contributed by atoms with Crippen molar-refractivity contribution in [3.63, 3.8) is 0 Å². The normalized spacial score (nSPS) is 30.6. The molecule has 11 heavy (non-hydrogen) atoms. The average molecular weight is 158 g/mol. The Bertz CT molecular complexity index is 149. The van der Waals surface area contributed by atoms with Crippen molar-refractivity contribution in [2.45, 2.75) is 12.5 Å². The summed E-state index contributed by atoms with van der Waals surface area (Å²) in [5.74, 6) is -0.0120. The summed E-state index contributed by atoms with van der Waals surface area (Å²) in [6.07, 6.45) is 0.974. The van der Waals surface area contributed by atoms with E-state index in [-0.39, 0.29) is 17.9 Å². The third-order valence-electron chi connectivity index (χ3n) is 2.04. The Morgan fingerprint density at radius 1 is 1.82 bits per heavy atom. The number of primary amides is 1. The van der Waals surface area contributed by atoms with Gasteiger partial charge in [-0.05, 0) is 13.0 Å². The van der Waals surface area contributed by atoms with Crippen LogP contribution in [0.4, 0.5) is 0 Å². The second-order valence-corrected chi connectivity index (χ2v) is 2.84. The largest absolute Gasteiger partial charge is 0.384 e. The topological polar surface area (TPSA) is 64.3 Å². The molecule has 2 unspecified atom stereocenters. The lowest BCUT2D eigenvalue weighted by Gasteiger charge is -2.14. The van der Waals surface area contributed by atoms with Gasteiger partial charge in [-0.2, -0.15) is 0 Å². The van der Waals surface area contributed by atoms with E-state index in [0.717, 1.165) is 13.0 Å². The van der Waals surface area contributed by atoms with E-state index in [1.165, 1.54) is 0 Å². The summed E-state index contributed by atoms with van der Waals surface area (Å²) in [5.41, 5.74) is 5.16. The van der Waals surface area contributed by atoms with Gasteiger partial charge in [-0.1, -0.05) is 0 Å². The number of nitrogens with two attached hydrogens (primary N) is 1. The number of hydrogen-bond donors (Lipinski definition) is 2. The van der Waals surface area contributed by atoms with Crippen LogP contribution in [0.1, 0.15) is 6.42 Å². The van der Waals surface area contributed by atoms with Crippen LogP contribution < -0.4 is 11.1 Å². The van der Waals surface area contributed by atoms with E-state index in [4.69, 9.17) is 10.5 Å². The van der Waals surface area contributed by atoms with E-state index in [1.807, 2.05) is 0 Å². The van der Waals surface area contributed by atoms with Crippen molar-refractivity contribution in [2.75, 3.05) is 20.3 Å². The maximum atomic E-state index is 10.8. The van der Waals surface area contributed by atoms with Crippen LogP contribution in [0.3, 0.4) is 0 Å². The number of methoxy groups -OCH3 is 1. The first kappa shape index (κ1) is 8.49. The fourth-order valence-corrected chi connectivity index (χ4v) is 1.48. The number of carbonyl (C=O) groups is 1. The van der Waals surface area contributed by atoms with Crippen molar-refractivity contribution in [1.82, 2.24) is 5.32 Å². The molecule has 1 aliphatic heterocycles. The van der Waals surface area contributed by atoms with Gasteiger partial charge in [0.05, 0.1) is 12.6 Å². The first-order valence-corrected chi connectivity index (χ1v) is 3.77. The van der Waals surface area contributed by atoms with Gasteiger partial charge >= 0.3 is 0 Å². The number of hydrogen-bond acceptors (Lipinski definition) is 3. The fraction of sp³-hybridized carbons (Fsp3) is 0.857. The van der Waals surface area contributed by atoms with Gasteiger partial charge in [-0.25, -0.2) is 0 Å². The van der Waals surface area contributed by atoms with Crippen LogP contribution in [-0.2, 0) is 9.53 Å². The van der Waals surface area contributed by atoms with Crippen molar-refractivity contribution < 1.29 is 9.53 Å². The molecule has 0 aromatic rings. The summed E-state index contributed by atoms with van der Waals surface area (Å²) in [6, 6.07) is -0.185. The van der Waals surface area contributed by atoms with Gasteiger partial charge in [0.2, 0.25) is 5.91 Å². The molecular weight excluding hydrogens is 144 g/mol. The number of amides is 1. The zero-order chi connectivity index (χ0) is 8.27. The predicted octanol–water partition coefficient (Wildman–Crippen LogP) is -0.904. The molecule has 4 nitrogen and oxygen atoms in total. The molecule has 1 fully saturated rings. The molecule has 0 aliphatic carbocycles. The van der Waals surface area contributed by atoms with Gasteiger partial charge in [-0.15, -0.1) is 0 Å². The first-order chi connectivity index (χ1) is 5.25. The molecule has 2 atom stereocenters. The molecule has 1 aliphatic rings. The Hall–Kier alpha value is -0.610. The van der Waals surface area contributed by atoms with Crippen LogP contribution in [0, 0.1) is 5.92 Å². The van der Waals surface area contributed by atoms with Gasteiger partial charge < -0.3 is 15.8 Å². The van der Waals surface area contributed by atoms with Crippen LogP contribution in [-0.4, -0.2) is 32.2 Å². The smallest absolute Gasteiger partial charge is 0.234 e. The van der Waals surface area contributed by atoms with Crippen LogP contribution >= 0.6 is 0 Å². The molecule has 3 N–H and O–H groups in total. The van der Waals surface area contributed by atoms with Crippen LogP contribution in [0.5, 0.6) is 0 Å². The highest BCUT2D eigenvalue weighted by Gasteiger charge is 2.30. The standard InChI is InChI=1S/C7H14N2O2/c1-11-4-5-2-3-9-6(5)7(8)10/h5-6,9H,2-4H2,1H3,(H2,8,10). The number of ether oxygens (including phenoxy) is 1. The Labute approximate surface area is 66.1 Å². The number of nitrogens with one attached hydrogen (secondary N) is 1. The van der Waals surface area contributed by atoms with Gasteiger partial charge in [-0.3, -0.25) is 4.79 Å². The quantitative estimate of drug-likeness (QED) is 0.559. The van der Waals surface area contributed by atoms with Crippen molar-refractivity contribution >= 4 is 5.91 Å². The first-order valence-electron chi connectivity index (χ1n) is 3.77. The van der Waals surface area contributed by atoms with Gasteiger partial charge in [0.1, 0.15) is 0 Å². The SMILES string of the molecule is COCC1CCNC1C(N)=O. The maximum Gasteiger partial charge on any atom is 0.234 e. The van der Waals surface area contributed by atoms with E-state index < -0.39 is 0 Å². The lowest BCUT2D eigenvalue weighted by Crippen LogP contribution is -2.41. The summed E-state index contributed by atoms with van der Waals surface area (Å²) >= 11 is 0. The zero-order valence-corrected chi connectivity index (χ0v) is 6.67. The molecule has 0 spiro atoms. The highest BCUT2D eigenvalue weighted by atomic mass is 16.5. The molecule has 1 amide bonds. The number of carbonyl (C=O) groups excluding carboxylic acids is 1. The van der Waals surface area contributed by atoms with E-state index in [9.17, 15) is 4.79 Å². The van der Waals surface area contributed by atoms with Crippen molar-refractivity contribution in [3.8, 4) is 0 Å². The van der Waals surface area contributed by atoms with Gasteiger partial charge in [0.25, 0.3) is 0 Å². The second kappa shape index (κ2) is 3.69. The van der Waals surface area contributed by atoms with Crippen molar-refractivity contribution in [2.24, 2.45) is 11.7 Å². The lowest BCUT2D eigenvalue weighted by molar-refractivity contribution is -0.120. The molecule has 4 heteroatoms. The molecule has 0 bridgehead atoms. The maximum absolute atomic E-state index is 10.8. The summed E-state index contributed by atoms with van der Waals surface area (Å²) in [5, 5.41) is 3.04. The minimum Gasteiger partial charge on any atom is -0.384 e. The van der Waals surface area contributed by atoms with E-state index in [1.54, 1.807) is 7.11 Å². The van der Waals surface area contributed by atoms with Crippen molar-refractivity contribution in [1.29, 1.82) is 0 Å². The highest BCUT2D eigenvalue weighted by molar-refractivity contribution is 5.80. The van der Waals surface area contributed by atoms with Crippen molar-refractivity contribution in [3.05, 3.63) is 0 Å². The fourth-order valence-electron chi connectivity index (χ4n) is 1.48. The zero-order valence-electron chi connectivity index (χ0n) is 6.67. The summed E-state index contributed by atoms with van der Waals surface area (Å²) in [4.78, 5) is 10.8. The molecule has 0 saturated carbocycles. The van der Waals surface area contributed by atoms with E-state index in [2.05, 4.69) is 5.32 Å². The molecule has 0 aromatic carbocycles. The van der Waals surface area contributed by atoms with Gasteiger partial charge in [0, 0.05) is 13.0 Å². The molecular formula is C7H14N2O2. The summed E-state index contributed by atoms with van der Waals surface area (Å²) < 4.78 is 4.96. The van der Waals surface area contributed by atoms with E-state index in [0.29, 0.717) is 6.61 Å². The minimum atomic E-state index is -0.274. The van der Waals surface area contributed by atoms with Crippen LogP contribution in [0.25, 0.3) is 0 Å². The Balaban J connectivity index is 2.44. The minimum absolute atomic E-state index is 0.185. The average Bonchev–Trinajstić information content (AvgIpc) is 2.36. The molecule has 0 radical (unpaired) electrons. The summed E-state index contributed by atoms with van der Waals surface area (Å²) in [7, 11) is 1.64. The van der Waals surface area contributed by atoms with E-state index >= 15 is 0 Å². The molecule has 0 aromatic heterocycles. The number of rotatable bonds is 3. The van der Waals surface area contributed by atoms with Crippen LogP contribution in [0.2, 0.25) is 0 Å². The highest BCUT2D eigenvalue weighted by Crippen LogP contribution is 2.14. The van der Waals surface area contributed by atoms with Gasteiger partial charge in [0.15, 0.2) is 0 Å². The Kier molecular flexibility index (Phi) is 2.84. The Morgan fingerprint density at radius 3 is 3.09 bits per heavy atom. The predicted molar refractivity (Wildman–Crippen MR) is 41.0 cm³/mol. The Morgan fingerprint density at radius 2 is 2.55 bits per heavy atom. The summed E-state index contributed by atoms with van der Waals surface area (Å²) in [6.45, 7) is 1.47. The molecule has 1 heterocycles.